The number of benzene rings is 1. The molecule has 0 N–H and O–H groups in total. The van der Waals surface area contributed by atoms with Gasteiger partial charge in [-0.25, -0.2) is 4.39 Å². The van der Waals surface area contributed by atoms with E-state index in [0.29, 0.717) is 24.2 Å². The Hall–Kier alpha value is -1.36. The van der Waals surface area contributed by atoms with E-state index in [1.54, 1.807) is 0 Å². The largest absolute Gasteiger partial charge is 0.486 e. The molecule has 1 aromatic heterocycles. The van der Waals surface area contributed by atoms with Gasteiger partial charge in [-0.15, -0.1) is 0 Å². The molecule has 0 amide bonds. The van der Waals surface area contributed by atoms with Crippen LogP contribution in [0.1, 0.15) is 12.2 Å². The van der Waals surface area contributed by atoms with E-state index in [2.05, 4.69) is 15.9 Å². The summed E-state index contributed by atoms with van der Waals surface area (Å²) in [5.41, 5.74) is 0.0293. The summed E-state index contributed by atoms with van der Waals surface area (Å²) < 4.78 is 24.4. The van der Waals surface area contributed by atoms with Crippen molar-refractivity contribution in [3.8, 4) is 5.75 Å². The van der Waals surface area contributed by atoms with Crippen molar-refractivity contribution in [3.63, 3.8) is 0 Å². The van der Waals surface area contributed by atoms with Crippen LogP contribution in [0.2, 0.25) is 0 Å². The number of aryl methyl sites for hydroxylation is 1. The first kappa shape index (κ1) is 10.8. The Morgan fingerprint density at radius 1 is 1.35 bits per heavy atom. The fraction of sp³-hybridized carbons (Fsp3) is 0.250. The smallest absolute Gasteiger partial charge is 0.234 e. The third kappa shape index (κ3) is 1.65. The van der Waals surface area contributed by atoms with Crippen LogP contribution in [0.15, 0.2) is 25.8 Å². The highest BCUT2D eigenvalue weighted by molar-refractivity contribution is 9.10. The van der Waals surface area contributed by atoms with Gasteiger partial charge in [0, 0.05) is 12.5 Å². The maximum Gasteiger partial charge on any atom is 0.234 e. The maximum atomic E-state index is 13.4. The molecule has 0 saturated carbocycles. The van der Waals surface area contributed by atoms with Crippen LogP contribution < -0.4 is 10.2 Å². The van der Waals surface area contributed by atoms with Gasteiger partial charge in [0.25, 0.3) is 0 Å². The number of fused-ring (bicyclic) bond motifs is 2. The molecule has 3 nitrogen and oxygen atoms in total. The van der Waals surface area contributed by atoms with Gasteiger partial charge in [0.15, 0.2) is 5.76 Å². The third-order valence-electron chi connectivity index (χ3n) is 2.75. The van der Waals surface area contributed by atoms with Gasteiger partial charge in [-0.2, -0.15) is 0 Å². The third-order valence-corrected chi connectivity index (χ3v) is 3.36. The fourth-order valence-electron chi connectivity index (χ4n) is 1.94. The number of rotatable bonds is 0. The molecule has 88 valence electrons. The van der Waals surface area contributed by atoms with Crippen LogP contribution in [0, 0.1) is 5.82 Å². The molecule has 5 heteroatoms. The van der Waals surface area contributed by atoms with Gasteiger partial charge in [-0.1, -0.05) is 0 Å². The lowest BCUT2D eigenvalue weighted by molar-refractivity contribution is 0.262. The van der Waals surface area contributed by atoms with Crippen molar-refractivity contribution in [2.75, 3.05) is 6.61 Å². The summed E-state index contributed by atoms with van der Waals surface area (Å²) in [6.45, 7) is 0.519. The number of hydrogen-bond acceptors (Lipinski definition) is 3. The molecule has 1 aromatic carbocycles. The van der Waals surface area contributed by atoms with Gasteiger partial charge in [0.1, 0.15) is 11.4 Å². The summed E-state index contributed by atoms with van der Waals surface area (Å²) >= 11 is 3.05. The molecule has 0 radical (unpaired) electrons. The van der Waals surface area contributed by atoms with Crippen molar-refractivity contribution in [2.45, 2.75) is 12.8 Å². The lowest BCUT2D eigenvalue weighted by atomic mass is 10.1. The molecule has 0 atom stereocenters. The average molecular weight is 299 g/mol. The molecule has 0 saturated heterocycles. The quantitative estimate of drug-likeness (QED) is 0.750. The summed E-state index contributed by atoms with van der Waals surface area (Å²) in [6, 6.07) is 2.64. The number of halogens is 2. The van der Waals surface area contributed by atoms with Crippen molar-refractivity contribution < 1.29 is 13.5 Å². The summed E-state index contributed by atoms with van der Waals surface area (Å²) in [6.07, 6.45) is 1.46. The number of ether oxygens (including phenoxy) is 1. The van der Waals surface area contributed by atoms with Crippen LogP contribution in [-0.2, 0) is 6.42 Å². The lowest BCUT2D eigenvalue weighted by Gasteiger charge is -2.15. The molecule has 1 aliphatic rings. The van der Waals surface area contributed by atoms with Gasteiger partial charge < -0.3 is 9.15 Å². The molecule has 0 fully saturated rings. The highest BCUT2D eigenvalue weighted by atomic mass is 79.9. The summed E-state index contributed by atoms with van der Waals surface area (Å²) in [7, 11) is 0. The molecule has 0 aliphatic carbocycles. The summed E-state index contributed by atoms with van der Waals surface area (Å²) in [5.74, 6) is 0.329. The Bertz CT molecular complexity index is 663. The van der Waals surface area contributed by atoms with Crippen LogP contribution in [0.3, 0.4) is 0 Å². The minimum atomic E-state index is -0.447. The van der Waals surface area contributed by atoms with Crippen LogP contribution in [0.4, 0.5) is 4.39 Å². The lowest BCUT2D eigenvalue weighted by Crippen LogP contribution is -2.17. The van der Waals surface area contributed by atoms with Gasteiger partial charge in [-0.05, 0) is 28.4 Å². The molecule has 2 aromatic rings. The van der Waals surface area contributed by atoms with E-state index >= 15 is 0 Å². The van der Waals surface area contributed by atoms with Crippen molar-refractivity contribution in [3.05, 3.63) is 38.4 Å². The molecule has 2 heterocycles. The first-order valence-electron chi connectivity index (χ1n) is 5.24. The molecule has 1 aliphatic heterocycles. The van der Waals surface area contributed by atoms with E-state index in [1.807, 2.05) is 0 Å². The highest BCUT2D eigenvalue weighted by Crippen LogP contribution is 2.28. The van der Waals surface area contributed by atoms with Crippen LogP contribution in [-0.4, -0.2) is 6.61 Å². The van der Waals surface area contributed by atoms with E-state index in [0.717, 1.165) is 6.42 Å². The van der Waals surface area contributed by atoms with E-state index in [1.165, 1.54) is 12.1 Å². The Kier molecular flexibility index (Phi) is 2.43. The molecule has 0 bridgehead atoms. The molecule has 3 rings (SSSR count). The predicted molar refractivity (Wildman–Crippen MR) is 64.0 cm³/mol. The van der Waals surface area contributed by atoms with Crippen molar-refractivity contribution >= 4 is 26.9 Å². The zero-order valence-corrected chi connectivity index (χ0v) is 10.3. The minimum Gasteiger partial charge on any atom is -0.486 e. The molecular formula is C12H8BrFO3. The second-order valence-corrected chi connectivity index (χ2v) is 4.75. The monoisotopic (exact) mass is 298 g/mol. The molecule has 17 heavy (non-hydrogen) atoms. The Balaban J connectivity index is 2.40. The van der Waals surface area contributed by atoms with E-state index in [-0.39, 0.29) is 21.2 Å². The summed E-state index contributed by atoms with van der Waals surface area (Å²) in [4.78, 5) is 12.1. The normalized spacial score (nSPS) is 14.5. The Labute approximate surface area is 104 Å². The van der Waals surface area contributed by atoms with Gasteiger partial charge >= 0.3 is 0 Å². The predicted octanol–water partition coefficient (Wildman–Crippen LogP) is 3.02. The second-order valence-electron chi connectivity index (χ2n) is 3.90. The standard InChI is InChI=1S/C12H8BrFO3/c13-7-4-6-10(5-8(7)14)17-9-2-1-3-16-12(9)11(6)15/h4-5H,1-3H2. The first-order chi connectivity index (χ1) is 8.16. The minimum absolute atomic E-state index is 0.235. The average Bonchev–Trinajstić information content (AvgIpc) is 2.32. The van der Waals surface area contributed by atoms with E-state index in [9.17, 15) is 9.18 Å². The zero-order chi connectivity index (χ0) is 12.0. The van der Waals surface area contributed by atoms with Crippen LogP contribution in [0.5, 0.6) is 5.75 Å². The molecule has 0 unspecified atom stereocenters. The van der Waals surface area contributed by atoms with Gasteiger partial charge in [-0.3, -0.25) is 4.79 Å². The van der Waals surface area contributed by atoms with Crippen molar-refractivity contribution in [1.82, 2.24) is 0 Å². The highest BCUT2D eigenvalue weighted by Gasteiger charge is 2.20. The van der Waals surface area contributed by atoms with Gasteiger partial charge in [0.05, 0.1) is 16.5 Å². The Morgan fingerprint density at radius 2 is 2.18 bits per heavy atom. The number of hydrogen-bond donors (Lipinski definition) is 0. The van der Waals surface area contributed by atoms with Crippen LogP contribution >= 0.6 is 15.9 Å². The fourth-order valence-corrected chi connectivity index (χ4v) is 2.28. The zero-order valence-electron chi connectivity index (χ0n) is 8.76. The van der Waals surface area contributed by atoms with E-state index < -0.39 is 5.82 Å². The topological polar surface area (TPSA) is 39.4 Å². The SMILES string of the molecule is O=c1c2c(oc3cc(F)c(Br)cc13)CCCO2. The van der Waals surface area contributed by atoms with Crippen molar-refractivity contribution in [1.29, 1.82) is 0 Å². The first-order valence-corrected chi connectivity index (χ1v) is 6.03. The maximum absolute atomic E-state index is 13.4. The summed E-state index contributed by atoms with van der Waals surface area (Å²) in [5, 5.41) is 0.332. The van der Waals surface area contributed by atoms with Crippen molar-refractivity contribution in [2.24, 2.45) is 0 Å². The molecular weight excluding hydrogens is 291 g/mol. The van der Waals surface area contributed by atoms with E-state index in [4.69, 9.17) is 9.15 Å². The Morgan fingerprint density at radius 3 is 3.00 bits per heavy atom. The second kappa shape index (κ2) is 3.84. The van der Waals surface area contributed by atoms with Crippen LogP contribution in [0.25, 0.3) is 11.0 Å². The van der Waals surface area contributed by atoms with Gasteiger partial charge in [0.2, 0.25) is 11.2 Å². The molecule has 0 spiro atoms.